The molecule has 2 fully saturated rings. The number of piperidine rings is 1. The van der Waals surface area contributed by atoms with Crippen molar-refractivity contribution in [1.29, 1.82) is 0 Å². The number of nitrogens with zero attached hydrogens (tertiary/aromatic N) is 4. The van der Waals surface area contributed by atoms with E-state index in [1.54, 1.807) is 0 Å². The number of ether oxygens (including phenoxy) is 1. The Balaban J connectivity index is 1.51. The monoisotopic (exact) mass is 354 g/mol. The summed E-state index contributed by atoms with van der Waals surface area (Å²) in [6.45, 7) is 6.83. The van der Waals surface area contributed by atoms with Crippen molar-refractivity contribution >= 4 is 5.82 Å². The molecule has 0 aliphatic carbocycles. The summed E-state index contributed by atoms with van der Waals surface area (Å²) in [6.07, 6.45) is 0.558. The van der Waals surface area contributed by atoms with Crippen LogP contribution in [0.2, 0.25) is 0 Å². The summed E-state index contributed by atoms with van der Waals surface area (Å²) in [5.41, 5.74) is 1.96. The van der Waals surface area contributed by atoms with Gasteiger partial charge in [0, 0.05) is 49.5 Å². The summed E-state index contributed by atoms with van der Waals surface area (Å²) in [4.78, 5) is 13.9. The van der Waals surface area contributed by atoms with Gasteiger partial charge in [-0.05, 0) is 13.3 Å². The number of rotatable bonds is 3. The SMILES string of the molecule is Cc1cc(N2CC[C@@H](N3CCOCC3)[C@H](O)C2)nc(-c2ccccc2)n1. The molecule has 1 aromatic carbocycles. The summed E-state index contributed by atoms with van der Waals surface area (Å²) in [5, 5.41) is 10.7. The number of aliphatic hydroxyl groups is 1. The zero-order valence-electron chi connectivity index (χ0n) is 15.2. The highest BCUT2D eigenvalue weighted by Gasteiger charge is 2.33. The lowest BCUT2D eigenvalue weighted by Gasteiger charge is -2.43. The van der Waals surface area contributed by atoms with Crippen molar-refractivity contribution in [3.05, 3.63) is 42.1 Å². The lowest BCUT2D eigenvalue weighted by atomic mass is 9.99. The second-order valence-corrected chi connectivity index (χ2v) is 7.07. The number of hydrogen-bond donors (Lipinski definition) is 1. The Bertz CT molecular complexity index is 734. The van der Waals surface area contributed by atoms with Gasteiger partial charge in [-0.3, -0.25) is 4.90 Å². The van der Waals surface area contributed by atoms with E-state index in [-0.39, 0.29) is 12.1 Å². The largest absolute Gasteiger partial charge is 0.390 e. The van der Waals surface area contributed by atoms with Crippen molar-refractivity contribution in [2.45, 2.75) is 25.5 Å². The van der Waals surface area contributed by atoms with Gasteiger partial charge >= 0.3 is 0 Å². The molecule has 0 unspecified atom stereocenters. The molecule has 0 spiro atoms. The van der Waals surface area contributed by atoms with E-state index in [0.29, 0.717) is 6.54 Å². The van der Waals surface area contributed by atoms with E-state index in [2.05, 4.69) is 14.8 Å². The average Bonchev–Trinajstić information content (AvgIpc) is 2.69. The van der Waals surface area contributed by atoms with Crippen LogP contribution in [0.1, 0.15) is 12.1 Å². The van der Waals surface area contributed by atoms with Crippen LogP contribution >= 0.6 is 0 Å². The van der Waals surface area contributed by atoms with Gasteiger partial charge in [-0.15, -0.1) is 0 Å². The molecule has 2 aliphatic rings. The molecule has 2 atom stereocenters. The van der Waals surface area contributed by atoms with Gasteiger partial charge in [0.1, 0.15) is 5.82 Å². The van der Waals surface area contributed by atoms with E-state index in [4.69, 9.17) is 9.72 Å². The minimum atomic E-state index is -0.378. The number of aromatic nitrogens is 2. The molecule has 6 heteroatoms. The third kappa shape index (κ3) is 3.72. The predicted octanol–water partition coefficient (Wildman–Crippen LogP) is 1.72. The van der Waals surface area contributed by atoms with Gasteiger partial charge in [-0.1, -0.05) is 30.3 Å². The van der Waals surface area contributed by atoms with Crippen molar-refractivity contribution < 1.29 is 9.84 Å². The quantitative estimate of drug-likeness (QED) is 0.906. The first-order valence-corrected chi connectivity index (χ1v) is 9.36. The first-order chi connectivity index (χ1) is 12.7. The fourth-order valence-corrected chi connectivity index (χ4v) is 3.89. The summed E-state index contributed by atoms with van der Waals surface area (Å²) < 4.78 is 5.43. The third-order valence-corrected chi connectivity index (χ3v) is 5.26. The van der Waals surface area contributed by atoms with Gasteiger partial charge in [-0.25, -0.2) is 9.97 Å². The molecule has 6 nitrogen and oxygen atoms in total. The van der Waals surface area contributed by atoms with Crippen LogP contribution in [-0.2, 0) is 4.74 Å². The Kier molecular flexibility index (Phi) is 5.15. The van der Waals surface area contributed by atoms with E-state index >= 15 is 0 Å². The molecule has 0 saturated carbocycles. The minimum Gasteiger partial charge on any atom is -0.390 e. The number of aryl methyl sites for hydroxylation is 1. The molecule has 2 saturated heterocycles. The smallest absolute Gasteiger partial charge is 0.161 e. The number of hydrogen-bond acceptors (Lipinski definition) is 6. The van der Waals surface area contributed by atoms with Crippen LogP contribution in [0.3, 0.4) is 0 Å². The summed E-state index contributed by atoms with van der Waals surface area (Å²) in [7, 11) is 0. The topological polar surface area (TPSA) is 61.7 Å². The van der Waals surface area contributed by atoms with Crippen molar-refractivity contribution in [2.24, 2.45) is 0 Å². The van der Waals surface area contributed by atoms with Gasteiger partial charge in [0.15, 0.2) is 5.82 Å². The van der Waals surface area contributed by atoms with Crippen LogP contribution in [0.15, 0.2) is 36.4 Å². The Hall–Kier alpha value is -2.02. The van der Waals surface area contributed by atoms with Crippen molar-refractivity contribution in [2.75, 3.05) is 44.3 Å². The maximum atomic E-state index is 10.7. The van der Waals surface area contributed by atoms with Gasteiger partial charge in [-0.2, -0.15) is 0 Å². The Morgan fingerprint density at radius 1 is 1.08 bits per heavy atom. The van der Waals surface area contributed by atoms with E-state index in [1.165, 1.54) is 0 Å². The fraction of sp³-hybridized carbons (Fsp3) is 0.500. The maximum Gasteiger partial charge on any atom is 0.161 e. The summed E-state index contributed by atoms with van der Waals surface area (Å²) >= 11 is 0. The molecular weight excluding hydrogens is 328 g/mol. The first-order valence-electron chi connectivity index (χ1n) is 9.36. The Labute approximate surface area is 154 Å². The second-order valence-electron chi connectivity index (χ2n) is 7.07. The van der Waals surface area contributed by atoms with Gasteiger partial charge in [0.25, 0.3) is 0 Å². The van der Waals surface area contributed by atoms with Crippen LogP contribution in [0.25, 0.3) is 11.4 Å². The number of morpholine rings is 1. The van der Waals surface area contributed by atoms with Crippen molar-refractivity contribution in [3.63, 3.8) is 0 Å². The number of aliphatic hydroxyl groups excluding tert-OH is 1. The normalized spacial score (nSPS) is 24.6. The van der Waals surface area contributed by atoms with Crippen LogP contribution in [0.4, 0.5) is 5.82 Å². The average molecular weight is 354 g/mol. The van der Waals surface area contributed by atoms with Crippen molar-refractivity contribution in [3.8, 4) is 11.4 Å². The van der Waals surface area contributed by atoms with Crippen LogP contribution in [0.5, 0.6) is 0 Å². The predicted molar refractivity (Wildman–Crippen MR) is 101 cm³/mol. The summed E-state index contributed by atoms with van der Waals surface area (Å²) in [5.74, 6) is 1.64. The third-order valence-electron chi connectivity index (χ3n) is 5.26. The van der Waals surface area contributed by atoms with Crippen LogP contribution < -0.4 is 4.90 Å². The molecule has 4 rings (SSSR count). The van der Waals surface area contributed by atoms with E-state index in [0.717, 1.165) is 62.2 Å². The van der Waals surface area contributed by atoms with Gasteiger partial charge < -0.3 is 14.7 Å². The molecule has 1 N–H and O–H groups in total. The second kappa shape index (κ2) is 7.70. The number of β-amino-alcohol motifs (C(OH)–C–C–N with tert-alkyl or cyclic N) is 1. The molecule has 138 valence electrons. The highest BCUT2D eigenvalue weighted by molar-refractivity contribution is 5.58. The Morgan fingerprint density at radius 2 is 1.85 bits per heavy atom. The molecule has 1 aromatic heterocycles. The molecule has 2 aromatic rings. The fourth-order valence-electron chi connectivity index (χ4n) is 3.89. The van der Waals surface area contributed by atoms with E-state index in [9.17, 15) is 5.11 Å². The molecule has 26 heavy (non-hydrogen) atoms. The number of anilines is 1. The van der Waals surface area contributed by atoms with Crippen LogP contribution in [-0.4, -0.2) is 71.5 Å². The van der Waals surface area contributed by atoms with E-state index in [1.807, 2.05) is 43.3 Å². The van der Waals surface area contributed by atoms with Gasteiger partial charge in [0.2, 0.25) is 0 Å². The molecular formula is C20H26N4O2. The van der Waals surface area contributed by atoms with Gasteiger partial charge in [0.05, 0.1) is 19.3 Å². The number of benzene rings is 1. The van der Waals surface area contributed by atoms with Crippen LogP contribution in [0, 0.1) is 6.92 Å². The first kappa shape index (κ1) is 17.4. The summed E-state index contributed by atoms with van der Waals surface area (Å²) in [6, 6.07) is 12.3. The zero-order chi connectivity index (χ0) is 17.9. The van der Waals surface area contributed by atoms with Crippen molar-refractivity contribution in [1.82, 2.24) is 14.9 Å². The highest BCUT2D eigenvalue weighted by Crippen LogP contribution is 2.25. The molecule has 0 radical (unpaired) electrons. The van der Waals surface area contributed by atoms with E-state index < -0.39 is 0 Å². The zero-order valence-corrected chi connectivity index (χ0v) is 15.2. The highest BCUT2D eigenvalue weighted by atomic mass is 16.5. The standard InChI is InChI=1S/C20H26N4O2/c1-15-13-19(22-20(21-15)16-5-3-2-4-6-16)24-8-7-17(18(25)14-24)23-9-11-26-12-10-23/h2-6,13,17-18,25H,7-12,14H2,1H3/t17-,18-/m1/s1. The minimum absolute atomic E-state index is 0.215. The molecule has 3 heterocycles. The lowest BCUT2D eigenvalue weighted by Crippen LogP contribution is -2.56. The molecule has 2 aliphatic heterocycles. The molecule has 0 bridgehead atoms. The Morgan fingerprint density at radius 3 is 2.58 bits per heavy atom. The maximum absolute atomic E-state index is 10.7. The molecule has 0 amide bonds. The lowest BCUT2D eigenvalue weighted by molar-refractivity contribution is -0.0274.